The zero-order chi connectivity index (χ0) is 21.2. The molecule has 0 saturated heterocycles. The lowest BCUT2D eigenvalue weighted by Crippen LogP contribution is -2.25. The number of unbranched alkanes of at least 4 members (excludes halogenated alkanes) is 4. The molecule has 30 heavy (non-hydrogen) atoms. The van der Waals surface area contributed by atoms with E-state index in [1.165, 1.54) is 89.0 Å². The summed E-state index contributed by atoms with van der Waals surface area (Å²) in [5, 5.41) is 9.88. The topological polar surface area (TPSA) is 23.8 Å². The fraction of sp³-hybridized carbons (Fsp3) is 0.759. The van der Waals surface area contributed by atoms with Crippen LogP contribution in [0.1, 0.15) is 140 Å². The lowest BCUT2D eigenvalue weighted by atomic mass is 9.67. The summed E-state index contributed by atoms with van der Waals surface area (Å²) in [6, 6.07) is 12.4. The van der Waals surface area contributed by atoms with E-state index < -0.39 is 0 Å². The minimum absolute atomic E-state index is 0.0280. The zero-order valence-electron chi connectivity index (χ0n) is 19.8. The van der Waals surface area contributed by atoms with Gasteiger partial charge in [0.2, 0.25) is 0 Å². The molecule has 2 fully saturated rings. The first-order valence-corrected chi connectivity index (χ1v) is 13.2. The van der Waals surface area contributed by atoms with E-state index in [0.717, 1.165) is 31.1 Å². The fourth-order valence-electron chi connectivity index (χ4n) is 6.22. The van der Waals surface area contributed by atoms with E-state index in [4.69, 9.17) is 0 Å². The highest BCUT2D eigenvalue weighted by Gasteiger charge is 2.35. The van der Waals surface area contributed by atoms with Crippen molar-refractivity contribution in [2.45, 2.75) is 128 Å². The quantitative estimate of drug-likeness (QED) is 0.354. The molecule has 0 amide bonds. The smallest absolute Gasteiger partial charge is 0.0689 e. The molecule has 0 spiro atoms. The SMILES string of the molecule is CCCCCCC[C@]1(C#N)CC[C@H](c2ccc([C@H]3CC[C@H](CCC)CC3)cc2)CC1. The van der Waals surface area contributed by atoms with Crippen molar-refractivity contribution in [3.63, 3.8) is 0 Å². The summed E-state index contributed by atoms with van der Waals surface area (Å²) in [7, 11) is 0. The van der Waals surface area contributed by atoms with Crippen molar-refractivity contribution in [2.24, 2.45) is 11.3 Å². The van der Waals surface area contributed by atoms with Gasteiger partial charge in [0.15, 0.2) is 0 Å². The van der Waals surface area contributed by atoms with Crippen LogP contribution in [0.4, 0.5) is 0 Å². The van der Waals surface area contributed by atoms with Crippen molar-refractivity contribution in [1.29, 1.82) is 5.26 Å². The molecule has 3 rings (SSSR count). The second-order valence-electron chi connectivity index (χ2n) is 10.5. The maximum Gasteiger partial charge on any atom is 0.0689 e. The molecule has 1 aromatic carbocycles. The standard InChI is InChI=1S/C29H45N/c1-3-5-6-7-8-20-29(23-30)21-18-28(19-22-29)27-16-14-26(15-17-27)25-12-10-24(9-4-2)11-13-25/h14-17,24-25,28H,3-13,18-22H2,1-2H3/t24-,25-,28-,29-. The third-order valence-corrected chi connectivity index (χ3v) is 8.36. The Morgan fingerprint density at radius 2 is 1.33 bits per heavy atom. The van der Waals surface area contributed by atoms with Crippen LogP contribution in [-0.4, -0.2) is 0 Å². The summed E-state index contributed by atoms with van der Waals surface area (Å²) in [5.74, 6) is 2.44. The van der Waals surface area contributed by atoms with Crippen molar-refractivity contribution in [3.05, 3.63) is 35.4 Å². The van der Waals surface area contributed by atoms with Gasteiger partial charge >= 0.3 is 0 Å². The van der Waals surface area contributed by atoms with Crippen LogP contribution in [0.2, 0.25) is 0 Å². The summed E-state index contributed by atoms with van der Waals surface area (Å²) >= 11 is 0. The Balaban J connectivity index is 1.47. The molecule has 0 atom stereocenters. The fourth-order valence-corrected chi connectivity index (χ4v) is 6.22. The molecule has 2 aliphatic carbocycles. The maximum atomic E-state index is 9.88. The summed E-state index contributed by atoms with van der Waals surface area (Å²) < 4.78 is 0. The maximum absolute atomic E-state index is 9.88. The van der Waals surface area contributed by atoms with Gasteiger partial charge in [-0.25, -0.2) is 0 Å². The van der Waals surface area contributed by atoms with Gasteiger partial charge in [-0.15, -0.1) is 0 Å². The normalized spacial score (nSPS) is 29.4. The van der Waals surface area contributed by atoms with E-state index in [2.05, 4.69) is 44.2 Å². The van der Waals surface area contributed by atoms with Crippen LogP contribution < -0.4 is 0 Å². The zero-order valence-corrected chi connectivity index (χ0v) is 19.8. The van der Waals surface area contributed by atoms with E-state index in [-0.39, 0.29) is 5.41 Å². The van der Waals surface area contributed by atoms with Crippen LogP contribution in [-0.2, 0) is 0 Å². The summed E-state index contributed by atoms with van der Waals surface area (Å²) in [6.45, 7) is 4.59. The number of hydrogen-bond acceptors (Lipinski definition) is 1. The van der Waals surface area contributed by atoms with Gasteiger partial charge in [0.05, 0.1) is 11.5 Å². The van der Waals surface area contributed by atoms with Crippen LogP contribution in [0, 0.1) is 22.7 Å². The van der Waals surface area contributed by atoms with E-state index in [1.54, 1.807) is 5.56 Å². The molecule has 0 aliphatic heterocycles. The number of rotatable bonds is 10. The molecule has 0 heterocycles. The second kappa shape index (κ2) is 11.9. The monoisotopic (exact) mass is 407 g/mol. The lowest BCUT2D eigenvalue weighted by Gasteiger charge is -2.35. The molecule has 2 aliphatic rings. The van der Waals surface area contributed by atoms with E-state index in [9.17, 15) is 5.26 Å². The molecule has 0 unspecified atom stereocenters. The molecule has 166 valence electrons. The number of nitriles is 1. The first kappa shape index (κ1) is 23.4. The molecular weight excluding hydrogens is 362 g/mol. The van der Waals surface area contributed by atoms with Crippen molar-refractivity contribution < 1.29 is 0 Å². The summed E-state index contributed by atoms with van der Waals surface area (Å²) in [5.41, 5.74) is 3.07. The van der Waals surface area contributed by atoms with Crippen LogP contribution in [0.3, 0.4) is 0 Å². The number of hydrogen-bond donors (Lipinski definition) is 0. The van der Waals surface area contributed by atoms with Crippen LogP contribution in [0.5, 0.6) is 0 Å². The van der Waals surface area contributed by atoms with Crippen LogP contribution >= 0.6 is 0 Å². The van der Waals surface area contributed by atoms with Gasteiger partial charge in [0.1, 0.15) is 0 Å². The third kappa shape index (κ3) is 6.35. The molecule has 1 aromatic rings. The van der Waals surface area contributed by atoms with Crippen LogP contribution in [0.25, 0.3) is 0 Å². The lowest BCUT2D eigenvalue weighted by molar-refractivity contribution is 0.223. The second-order valence-corrected chi connectivity index (χ2v) is 10.5. The molecular formula is C29H45N. The van der Waals surface area contributed by atoms with Gasteiger partial charge in [0, 0.05) is 0 Å². The van der Waals surface area contributed by atoms with Gasteiger partial charge in [-0.1, -0.05) is 83.1 Å². The van der Waals surface area contributed by atoms with Gasteiger partial charge in [-0.05, 0) is 86.7 Å². The molecule has 1 nitrogen and oxygen atoms in total. The average molecular weight is 408 g/mol. The van der Waals surface area contributed by atoms with E-state index in [1.807, 2.05) is 0 Å². The Kier molecular flexibility index (Phi) is 9.29. The van der Waals surface area contributed by atoms with Crippen molar-refractivity contribution in [3.8, 4) is 6.07 Å². The van der Waals surface area contributed by atoms with Crippen molar-refractivity contribution >= 4 is 0 Å². The minimum atomic E-state index is -0.0280. The Labute approximate surface area is 186 Å². The largest absolute Gasteiger partial charge is 0.198 e. The molecule has 2 saturated carbocycles. The Morgan fingerprint density at radius 1 is 0.767 bits per heavy atom. The average Bonchev–Trinajstić information content (AvgIpc) is 2.80. The third-order valence-electron chi connectivity index (χ3n) is 8.36. The Morgan fingerprint density at radius 3 is 1.87 bits per heavy atom. The number of benzene rings is 1. The Bertz CT molecular complexity index is 636. The summed E-state index contributed by atoms with van der Waals surface area (Å²) in [6.07, 6.45) is 20.7. The Hall–Kier alpha value is -1.29. The van der Waals surface area contributed by atoms with E-state index >= 15 is 0 Å². The molecule has 0 N–H and O–H groups in total. The molecule has 0 bridgehead atoms. The van der Waals surface area contributed by atoms with Gasteiger partial charge in [0.25, 0.3) is 0 Å². The van der Waals surface area contributed by atoms with E-state index in [0.29, 0.717) is 5.92 Å². The highest BCUT2D eigenvalue weighted by molar-refractivity contribution is 5.29. The predicted octanol–water partition coefficient (Wildman–Crippen LogP) is 9.29. The highest BCUT2D eigenvalue weighted by Crippen LogP contribution is 2.46. The highest BCUT2D eigenvalue weighted by atomic mass is 14.4. The molecule has 1 heteroatoms. The van der Waals surface area contributed by atoms with Gasteiger partial charge in [-0.2, -0.15) is 5.26 Å². The first-order chi connectivity index (χ1) is 14.7. The first-order valence-electron chi connectivity index (χ1n) is 13.2. The van der Waals surface area contributed by atoms with Gasteiger partial charge in [-0.3, -0.25) is 0 Å². The minimum Gasteiger partial charge on any atom is -0.198 e. The molecule has 0 radical (unpaired) electrons. The van der Waals surface area contributed by atoms with Crippen LogP contribution in [0.15, 0.2) is 24.3 Å². The number of nitrogens with zero attached hydrogens (tertiary/aromatic N) is 1. The van der Waals surface area contributed by atoms with Gasteiger partial charge < -0.3 is 0 Å². The summed E-state index contributed by atoms with van der Waals surface area (Å²) in [4.78, 5) is 0. The van der Waals surface area contributed by atoms with Crippen molar-refractivity contribution in [2.75, 3.05) is 0 Å². The van der Waals surface area contributed by atoms with Crippen molar-refractivity contribution in [1.82, 2.24) is 0 Å². The predicted molar refractivity (Wildman–Crippen MR) is 129 cm³/mol. The molecule has 0 aromatic heterocycles.